The molecule has 0 aromatic carbocycles. The Balaban J connectivity index is 2.89. The van der Waals surface area contributed by atoms with Crippen LogP contribution < -0.4 is 0 Å². The lowest BCUT2D eigenvalue weighted by Crippen LogP contribution is -2.45. The van der Waals surface area contributed by atoms with E-state index in [0.29, 0.717) is 0 Å². The predicted molar refractivity (Wildman–Crippen MR) is 62.9 cm³/mol. The number of ketones is 1. The zero-order chi connectivity index (χ0) is 14.1. The molecule has 6 nitrogen and oxygen atoms in total. The van der Waals surface area contributed by atoms with Gasteiger partial charge in [0, 0.05) is 5.92 Å². The van der Waals surface area contributed by atoms with Crippen molar-refractivity contribution in [2.75, 3.05) is 13.7 Å². The zero-order valence-electron chi connectivity index (χ0n) is 11.4. The largest absolute Gasteiger partial charge is 0.467 e. The van der Waals surface area contributed by atoms with Gasteiger partial charge in [-0.3, -0.25) is 9.69 Å². The van der Waals surface area contributed by atoms with E-state index in [1.54, 1.807) is 27.7 Å². The standard InChI is InChI=1S/C12H19NO5/c1-7-8(14)6-13(9(7)10(15)17-5)11(16)18-12(2,3)4/h7,9H,6H2,1-5H3/t7?,9-/m0/s1. The van der Waals surface area contributed by atoms with Gasteiger partial charge in [-0.15, -0.1) is 0 Å². The van der Waals surface area contributed by atoms with Crippen molar-refractivity contribution in [3.8, 4) is 0 Å². The van der Waals surface area contributed by atoms with Gasteiger partial charge in [0.2, 0.25) is 0 Å². The first-order chi connectivity index (χ1) is 8.17. The molecule has 0 spiro atoms. The number of hydrogen-bond acceptors (Lipinski definition) is 5. The Bertz CT molecular complexity index is 371. The molecule has 0 aromatic rings. The highest BCUT2D eigenvalue weighted by Crippen LogP contribution is 2.24. The zero-order valence-corrected chi connectivity index (χ0v) is 11.4. The average Bonchev–Trinajstić information content (AvgIpc) is 2.52. The maximum absolute atomic E-state index is 11.9. The molecule has 1 fully saturated rings. The van der Waals surface area contributed by atoms with Crippen LogP contribution in [0.15, 0.2) is 0 Å². The van der Waals surface area contributed by atoms with Crippen molar-refractivity contribution < 1.29 is 23.9 Å². The maximum atomic E-state index is 11.9. The quantitative estimate of drug-likeness (QED) is 0.655. The Morgan fingerprint density at radius 2 is 1.89 bits per heavy atom. The molecule has 2 atom stereocenters. The summed E-state index contributed by atoms with van der Waals surface area (Å²) < 4.78 is 9.79. The summed E-state index contributed by atoms with van der Waals surface area (Å²) in [6.07, 6.45) is -0.671. The van der Waals surface area contributed by atoms with Crippen LogP contribution in [0.2, 0.25) is 0 Å². The van der Waals surface area contributed by atoms with Crippen LogP contribution in [0.25, 0.3) is 0 Å². The van der Waals surface area contributed by atoms with E-state index in [9.17, 15) is 14.4 Å². The van der Waals surface area contributed by atoms with Crippen LogP contribution in [-0.4, -0.2) is 48.0 Å². The number of esters is 1. The predicted octanol–water partition coefficient (Wildman–Crippen LogP) is 0.984. The number of nitrogens with zero attached hydrogens (tertiary/aromatic N) is 1. The Morgan fingerprint density at radius 3 is 2.33 bits per heavy atom. The van der Waals surface area contributed by atoms with Gasteiger partial charge in [-0.2, -0.15) is 0 Å². The van der Waals surface area contributed by atoms with Crippen molar-refractivity contribution in [1.29, 1.82) is 0 Å². The fourth-order valence-electron chi connectivity index (χ4n) is 1.81. The molecular weight excluding hydrogens is 238 g/mol. The Kier molecular flexibility index (Phi) is 3.98. The molecule has 1 aliphatic heterocycles. The molecule has 1 saturated heterocycles. The molecule has 0 bridgehead atoms. The van der Waals surface area contributed by atoms with Gasteiger partial charge in [0.15, 0.2) is 5.78 Å². The van der Waals surface area contributed by atoms with Crippen molar-refractivity contribution in [1.82, 2.24) is 4.90 Å². The minimum absolute atomic E-state index is 0.115. The molecule has 1 rings (SSSR count). The van der Waals surface area contributed by atoms with Crippen LogP contribution in [0.3, 0.4) is 0 Å². The van der Waals surface area contributed by atoms with Gasteiger partial charge in [0.25, 0.3) is 0 Å². The molecule has 1 heterocycles. The number of carbonyl (C=O) groups is 3. The van der Waals surface area contributed by atoms with Crippen LogP contribution >= 0.6 is 0 Å². The molecule has 0 aliphatic carbocycles. The van der Waals surface area contributed by atoms with Crippen LogP contribution in [0, 0.1) is 5.92 Å². The summed E-state index contributed by atoms with van der Waals surface area (Å²) in [6.45, 7) is 6.66. The smallest absolute Gasteiger partial charge is 0.411 e. The lowest BCUT2D eigenvalue weighted by molar-refractivity contribution is -0.147. The van der Waals surface area contributed by atoms with E-state index in [2.05, 4.69) is 4.74 Å². The van der Waals surface area contributed by atoms with Crippen molar-refractivity contribution in [2.24, 2.45) is 5.92 Å². The molecule has 0 radical (unpaired) electrons. The Morgan fingerprint density at radius 1 is 1.33 bits per heavy atom. The van der Waals surface area contributed by atoms with Crippen molar-refractivity contribution >= 4 is 17.8 Å². The molecule has 102 valence electrons. The minimum atomic E-state index is -0.891. The highest BCUT2D eigenvalue weighted by Gasteiger charge is 2.46. The van der Waals surface area contributed by atoms with Gasteiger partial charge in [-0.1, -0.05) is 6.92 Å². The van der Waals surface area contributed by atoms with Gasteiger partial charge in [0.05, 0.1) is 13.7 Å². The summed E-state index contributed by atoms with van der Waals surface area (Å²) >= 11 is 0. The molecule has 0 N–H and O–H groups in total. The first-order valence-electron chi connectivity index (χ1n) is 5.77. The number of methoxy groups -OCH3 is 1. The summed E-state index contributed by atoms with van der Waals surface area (Å²) in [4.78, 5) is 36.3. The van der Waals surface area contributed by atoms with E-state index in [1.165, 1.54) is 7.11 Å². The maximum Gasteiger partial charge on any atom is 0.411 e. The van der Waals surface area contributed by atoms with E-state index in [1.807, 2.05) is 0 Å². The summed E-state index contributed by atoms with van der Waals surface area (Å²) in [5.74, 6) is -1.33. The molecule has 6 heteroatoms. The van der Waals surface area contributed by atoms with Crippen LogP contribution in [0.5, 0.6) is 0 Å². The van der Waals surface area contributed by atoms with Crippen LogP contribution in [0.1, 0.15) is 27.7 Å². The van der Waals surface area contributed by atoms with Gasteiger partial charge in [0.1, 0.15) is 11.6 Å². The molecule has 1 aliphatic rings. The number of carbonyl (C=O) groups excluding carboxylic acids is 3. The highest BCUT2D eigenvalue weighted by atomic mass is 16.6. The summed E-state index contributed by atoms with van der Waals surface area (Å²) in [5.41, 5.74) is -0.674. The lowest BCUT2D eigenvalue weighted by Gasteiger charge is -2.27. The second kappa shape index (κ2) is 4.96. The highest BCUT2D eigenvalue weighted by molar-refractivity contribution is 5.97. The second-order valence-electron chi connectivity index (χ2n) is 5.33. The molecule has 1 amide bonds. The summed E-state index contributed by atoms with van der Waals surface area (Å²) in [7, 11) is 1.23. The third-order valence-electron chi connectivity index (χ3n) is 2.71. The van der Waals surface area contributed by atoms with E-state index < -0.39 is 29.6 Å². The third-order valence-corrected chi connectivity index (χ3v) is 2.71. The number of likely N-dealkylation sites (tertiary alicyclic amines) is 1. The normalized spacial score (nSPS) is 24.1. The summed E-state index contributed by atoms with van der Waals surface area (Å²) in [5, 5.41) is 0. The van der Waals surface area contributed by atoms with Gasteiger partial charge >= 0.3 is 12.1 Å². The first kappa shape index (κ1) is 14.5. The van der Waals surface area contributed by atoms with E-state index in [0.717, 1.165) is 4.90 Å². The van der Waals surface area contributed by atoms with E-state index >= 15 is 0 Å². The van der Waals surface area contributed by atoms with Crippen molar-refractivity contribution in [3.05, 3.63) is 0 Å². The minimum Gasteiger partial charge on any atom is -0.467 e. The summed E-state index contributed by atoms with van der Waals surface area (Å²) in [6, 6.07) is -0.891. The number of Topliss-reactive ketones (excluding diaryl/α,β-unsaturated/α-hetero) is 1. The number of hydrogen-bond donors (Lipinski definition) is 0. The molecule has 1 unspecified atom stereocenters. The van der Waals surface area contributed by atoms with Gasteiger partial charge < -0.3 is 9.47 Å². The van der Waals surface area contributed by atoms with Gasteiger partial charge in [-0.25, -0.2) is 9.59 Å². The Hall–Kier alpha value is -1.59. The SMILES string of the molecule is COC(=O)[C@@H]1C(C)C(=O)CN1C(=O)OC(C)(C)C. The topological polar surface area (TPSA) is 72.9 Å². The number of amides is 1. The van der Waals surface area contributed by atoms with Gasteiger partial charge in [-0.05, 0) is 20.8 Å². The van der Waals surface area contributed by atoms with Crippen molar-refractivity contribution in [2.45, 2.75) is 39.3 Å². The number of ether oxygens (including phenoxy) is 2. The van der Waals surface area contributed by atoms with E-state index in [4.69, 9.17) is 4.74 Å². The fourth-order valence-corrected chi connectivity index (χ4v) is 1.81. The number of rotatable bonds is 1. The first-order valence-corrected chi connectivity index (χ1v) is 5.77. The average molecular weight is 257 g/mol. The molecule has 18 heavy (non-hydrogen) atoms. The fraction of sp³-hybridized carbons (Fsp3) is 0.750. The monoisotopic (exact) mass is 257 g/mol. The Labute approximate surface area is 106 Å². The van der Waals surface area contributed by atoms with E-state index in [-0.39, 0.29) is 12.3 Å². The third kappa shape index (κ3) is 3.00. The molecule has 0 saturated carbocycles. The molecular formula is C12H19NO5. The second-order valence-corrected chi connectivity index (χ2v) is 5.33. The van der Waals surface area contributed by atoms with Crippen LogP contribution in [-0.2, 0) is 19.1 Å². The molecule has 0 aromatic heterocycles. The van der Waals surface area contributed by atoms with Crippen molar-refractivity contribution in [3.63, 3.8) is 0 Å². The van der Waals surface area contributed by atoms with Crippen LogP contribution in [0.4, 0.5) is 4.79 Å². The lowest BCUT2D eigenvalue weighted by atomic mass is 10.0.